The van der Waals surface area contributed by atoms with E-state index in [9.17, 15) is 4.79 Å². The Morgan fingerprint density at radius 2 is 1.92 bits per heavy atom. The molecule has 4 nitrogen and oxygen atoms in total. The zero-order valence-corrected chi connectivity index (χ0v) is 15.3. The van der Waals surface area contributed by atoms with E-state index in [1.807, 2.05) is 0 Å². The number of carbonyl (C=O) groups is 1. The molecule has 1 aliphatic heterocycles. The van der Waals surface area contributed by atoms with Crippen molar-refractivity contribution >= 4 is 16.9 Å². The van der Waals surface area contributed by atoms with Gasteiger partial charge in [0, 0.05) is 30.2 Å². The molecule has 0 amide bonds. The first kappa shape index (κ1) is 18.0. The molecule has 1 saturated heterocycles. The summed E-state index contributed by atoms with van der Waals surface area (Å²) in [5, 5.41) is 10.3. The number of aromatic nitrogens is 1. The predicted octanol–water partition coefficient (Wildman–Crippen LogP) is 4.49. The lowest BCUT2D eigenvalue weighted by molar-refractivity contribution is -0.137. The lowest BCUT2D eigenvalue weighted by Gasteiger charge is -2.31. The number of benzene rings is 1. The molecule has 4 heteroatoms. The summed E-state index contributed by atoms with van der Waals surface area (Å²) in [5.41, 5.74) is 2.85. The number of aryl methyl sites for hydroxylation is 1. The second-order valence-electron chi connectivity index (χ2n) is 7.26. The third-order valence-corrected chi connectivity index (χ3v) is 5.49. The molecule has 1 aromatic heterocycles. The fourth-order valence-electron chi connectivity index (χ4n) is 4.04. The van der Waals surface area contributed by atoms with Crippen LogP contribution in [0.5, 0.6) is 0 Å². The summed E-state index contributed by atoms with van der Waals surface area (Å²) in [4.78, 5) is 13.1. The van der Waals surface area contributed by atoms with E-state index in [1.54, 1.807) is 0 Å². The number of rotatable bonds is 8. The van der Waals surface area contributed by atoms with Crippen LogP contribution in [0.2, 0.25) is 0 Å². The number of fused-ring (bicyclic) bond motifs is 1. The van der Waals surface area contributed by atoms with Crippen LogP contribution in [0.4, 0.5) is 0 Å². The van der Waals surface area contributed by atoms with Crippen LogP contribution in [-0.2, 0) is 11.3 Å². The molecule has 0 spiro atoms. The summed E-state index contributed by atoms with van der Waals surface area (Å²) in [6.45, 7) is 6.05. The molecule has 0 unspecified atom stereocenters. The minimum atomic E-state index is -0.697. The summed E-state index contributed by atoms with van der Waals surface area (Å²) in [5.74, 6) is -0.101. The zero-order chi connectivity index (χ0) is 17.6. The van der Waals surface area contributed by atoms with E-state index in [1.165, 1.54) is 35.7 Å². The van der Waals surface area contributed by atoms with Crippen molar-refractivity contribution in [2.75, 3.05) is 19.6 Å². The highest BCUT2D eigenvalue weighted by Crippen LogP contribution is 2.34. The molecular formula is C21H30N2O2. The SMILES string of the molecule is CCCCCn1cc(C2CCN(CCC(=O)O)CC2)c2ccccc21. The van der Waals surface area contributed by atoms with Crippen LogP contribution in [0.1, 0.15) is 56.9 Å². The molecule has 0 bridgehead atoms. The van der Waals surface area contributed by atoms with Gasteiger partial charge in [0.1, 0.15) is 0 Å². The second-order valence-corrected chi connectivity index (χ2v) is 7.26. The molecule has 0 saturated carbocycles. The lowest BCUT2D eigenvalue weighted by Crippen LogP contribution is -2.34. The predicted molar refractivity (Wildman–Crippen MR) is 102 cm³/mol. The van der Waals surface area contributed by atoms with Gasteiger partial charge in [-0.1, -0.05) is 38.0 Å². The van der Waals surface area contributed by atoms with Crippen LogP contribution in [0.25, 0.3) is 10.9 Å². The van der Waals surface area contributed by atoms with Crippen LogP contribution in [0, 0.1) is 0 Å². The highest BCUT2D eigenvalue weighted by atomic mass is 16.4. The maximum atomic E-state index is 10.8. The number of hydrogen-bond donors (Lipinski definition) is 1. The number of piperidine rings is 1. The van der Waals surface area contributed by atoms with E-state index >= 15 is 0 Å². The van der Waals surface area contributed by atoms with E-state index in [0.717, 1.165) is 32.5 Å². The molecule has 2 heterocycles. The van der Waals surface area contributed by atoms with Crippen LogP contribution in [0.15, 0.2) is 30.5 Å². The van der Waals surface area contributed by atoms with Gasteiger partial charge >= 0.3 is 5.97 Å². The minimum absolute atomic E-state index is 0.251. The van der Waals surface area contributed by atoms with Crippen LogP contribution in [-0.4, -0.2) is 40.2 Å². The van der Waals surface area contributed by atoms with E-state index in [4.69, 9.17) is 5.11 Å². The normalized spacial score (nSPS) is 16.5. The van der Waals surface area contributed by atoms with Crippen LogP contribution >= 0.6 is 0 Å². The maximum Gasteiger partial charge on any atom is 0.304 e. The molecule has 2 aromatic rings. The Balaban J connectivity index is 1.70. The summed E-state index contributed by atoms with van der Waals surface area (Å²) in [7, 11) is 0. The van der Waals surface area contributed by atoms with Crippen molar-refractivity contribution in [1.29, 1.82) is 0 Å². The molecule has 1 N–H and O–H groups in total. The molecule has 0 aliphatic carbocycles. The average molecular weight is 342 g/mol. The highest BCUT2D eigenvalue weighted by Gasteiger charge is 2.23. The topological polar surface area (TPSA) is 45.5 Å². The lowest BCUT2D eigenvalue weighted by atomic mass is 9.89. The Bertz CT molecular complexity index is 699. The van der Waals surface area contributed by atoms with Gasteiger partial charge in [-0.25, -0.2) is 0 Å². The highest BCUT2D eigenvalue weighted by molar-refractivity contribution is 5.84. The van der Waals surface area contributed by atoms with Crippen LogP contribution < -0.4 is 0 Å². The van der Waals surface area contributed by atoms with Crippen molar-refractivity contribution in [1.82, 2.24) is 9.47 Å². The number of carboxylic acid groups (broad SMARTS) is 1. The number of aliphatic carboxylic acids is 1. The summed E-state index contributed by atoms with van der Waals surface area (Å²) >= 11 is 0. The van der Waals surface area contributed by atoms with Gasteiger partial charge in [-0.3, -0.25) is 4.79 Å². The Labute approximate surface area is 150 Å². The third-order valence-electron chi connectivity index (χ3n) is 5.49. The van der Waals surface area contributed by atoms with Crippen molar-refractivity contribution in [3.05, 3.63) is 36.0 Å². The first-order chi connectivity index (χ1) is 12.2. The number of unbranched alkanes of at least 4 members (excludes halogenated alkanes) is 2. The number of nitrogens with zero attached hydrogens (tertiary/aromatic N) is 2. The van der Waals surface area contributed by atoms with Crippen molar-refractivity contribution in [3.8, 4) is 0 Å². The number of carboxylic acids is 1. The first-order valence-electron chi connectivity index (χ1n) is 9.71. The van der Waals surface area contributed by atoms with Gasteiger partial charge in [0.05, 0.1) is 6.42 Å². The Morgan fingerprint density at radius 3 is 2.64 bits per heavy atom. The summed E-state index contributed by atoms with van der Waals surface area (Å²) in [6, 6.07) is 8.78. The van der Waals surface area contributed by atoms with Crippen molar-refractivity contribution < 1.29 is 9.90 Å². The van der Waals surface area contributed by atoms with Gasteiger partial charge in [-0.15, -0.1) is 0 Å². The summed E-state index contributed by atoms with van der Waals surface area (Å²) < 4.78 is 2.44. The number of likely N-dealkylation sites (tertiary alicyclic amines) is 1. The molecule has 1 fully saturated rings. The van der Waals surface area contributed by atoms with Crippen LogP contribution in [0.3, 0.4) is 0 Å². The van der Waals surface area contributed by atoms with Gasteiger partial charge in [-0.2, -0.15) is 0 Å². The number of para-hydroxylation sites is 1. The van der Waals surface area contributed by atoms with E-state index < -0.39 is 5.97 Å². The molecular weight excluding hydrogens is 312 g/mol. The van der Waals surface area contributed by atoms with Gasteiger partial charge in [0.2, 0.25) is 0 Å². The minimum Gasteiger partial charge on any atom is -0.481 e. The van der Waals surface area contributed by atoms with E-state index in [0.29, 0.717) is 12.5 Å². The smallest absolute Gasteiger partial charge is 0.304 e. The zero-order valence-electron chi connectivity index (χ0n) is 15.3. The summed E-state index contributed by atoms with van der Waals surface area (Å²) in [6.07, 6.45) is 8.66. The molecule has 136 valence electrons. The fourth-order valence-corrected chi connectivity index (χ4v) is 4.04. The monoisotopic (exact) mass is 342 g/mol. The molecule has 0 atom stereocenters. The molecule has 0 radical (unpaired) electrons. The molecule has 1 aliphatic rings. The first-order valence-corrected chi connectivity index (χ1v) is 9.71. The van der Waals surface area contributed by atoms with E-state index in [-0.39, 0.29) is 6.42 Å². The fraction of sp³-hybridized carbons (Fsp3) is 0.571. The van der Waals surface area contributed by atoms with E-state index in [2.05, 4.69) is 46.9 Å². The van der Waals surface area contributed by atoms with Gasteiger partial charge in [-0.05, 0) is 49.9 Å². The van der Waals surface area contributed by atoms with Crippen molar-refractivity contribution in [2.24, 2.45) is 0 Å². The molecule has 1 aromatic carbocycles. The third kappa shape index (κ3) is 4.43. The Morgan fingerprint density at radius 1 is 1.16 bits per heavy atom. The second kappa shape index (κ2) is 8.52. The Hall–Kier alpha value is -1.81. The average Bonchev–Trinajstić information content (AvgIpc) is 3.00. The van der Waals surface area contributed by atoms with Gasteiger partial charge < -0.3 is 14.6 Å². The largest absolute Gasteiger partial charge is 0.481 e. The molecule has 3 rings (SSSR count). The van der Waals surface area contributed by atoms with Gasteiger partial charge in [0.15, 0.2) is 0 Å². The standard InChI is InChI=1S/C21H30N2O2/c1-2-3-6-12-23-16-19(18-7-4-5-8-20(18)23)17-9-13-22(14-10-17)15-11-21(24)25/h4-5,7-8,16-17H,2-3,6,9-15H2,1H3,(H,24,25). The maximum absolute atomic E-state index is 10.8. The van der Waals surface area contributed by atoms with Crippen molar-refractivity contribution in [2.45, 2.75) is 57.9 Å². The Kier molecular flexibility index (Phi) is 6.14. The molecule has 25 heavy (non-hydrogen) atoms. The quantitative estimate of drug-likeness (QED) is 0.719. The van der Waals surface area contributed by atoms with Gasteiger partial charge in [0.25, 0.3) is 0 Å². The number of hydrogen-bond acceptors (Lipinski definition) is 2. The van der Waals surface area contributed by atoms with Crippen molar-refractivity contribution in [3.63, 3.8) is 0 Å².